The second-order valence-corrected chi connectivity index (χ2v) is 3.50. The Labute approximate surface area is 78.5 Å². The van der Waals surface area contributed by atoms with Crippen LogP contribution in [0.3, 0.4) is 0 Å². The van der Waals surface area contributed by atoms with E-state index >= 15 is 0 Å². The predicted octanol–water partition coefficient (Wildman–Crippen LogP) is 0.126. The standard InChI is InChI=1S/C9H18O4/c1-4-6-5(2)13-9(12-3)8(11)7(6)10/h5-11H,4H2,1-3H3/t5?,6?,7?,8?,9-/m1/s1. The third-order valence-corrected chi connectivity index (χ3v) is 2.72. The first kappa shape index (κ1) is 10.9. The van der Waals surface area contributed by atoms with Crippen LogP contribution in [0.2, 0.25) is 0 Å². The zero-order valence-corrected chi connectivity index (χ0v) is 8.30. The lowest BCUT2D eigenvalue weighted by Crippen LogP contribution is -2.53. The van der Waals surface area contributed by atoms with E-state index in [0.29, 0.717) is 0 Å². The second-order valence-electron chi connectivity index (χ2n) is 3.50. The summed E-state index contributed by atoms with van der Waals surface area (Å²) in [6, 6.07) is 0. The van der Waals surface area contributed by atoms with Crippen LogP contribution in [0, 0.1) is 5.92 Å². The van der Waals surface area contributed by atoms with Crippen LogP contribution in [0.15, 0.2) is 0 Å². The van der Waals surface area contributed by atoms with E-state index in [1.807, 2.05) is 13.8 Å². The van der Waals surface area contributed by atoms with Crippen LogP contribution in [-0.4, -0.2) is 41.9 Å². The summed E-state index contributed by atoms with van der Waals surface area (Å²) in [6.07, 6.45) is -1.68. The maximum Gasteiger partial charge on any atom is 0.185 e. The lowest BCUT2D eigenvalue weighted by atomic mass is 9.88. The quantitative estimate of drug-likeness (QED) is 0.649. The largest absolute Gasteiger partial charge is 0.390 e. The van der Waals surface area contributed by atoms with E-state index in [9.17, 15) is 10.2 Å². The molecule has 0 amide bonds. The highest BCUT2D eigenvalue weighted by atomic mass is 16.7. The maximum atomic E-state index is 9.70. The first-order valence-corrected chi connectivity index (χ1v) is 4.66. The van der Waals surface area contributed by atoms with Gasteiger partial charge in [-0.15, -0.1) is 0 Å². The minimum Gasteiger partial charge on any atom is -0.390 e. The van der Waals surface area contributed by atoms with Crippen molar-refractivity contribution in [2.45, 2.75) is 44.9 Å². The Balaban J connectivity index is 2.66. The summed E-state index contributed by atoms with van der Waals surface area (Å²) in [4.78, 5) is 0. The van der Waals surface area contributed by atoms with E-state index in [0.717, 1.165) is 6.42 Å². The van der Waals surface area contributed by atoms with E-state index in [-0.39, 0.29) is 12.0 Å². The van der Waals surface area contributed by atoms with Crippen molar-refractivity contribution in [3.8, 4) is 0 Å². The smallest absolute Gasteiger partial charge is 0.185 e. The highest BCUT2D eigenvalue weighted by molar-refractivity contribution is 4.86. The van der Waals surface area contributed by atoms with Gasteiger partial charge in [0.05, 0.1) is 12.2 Å². The average Bonchev–Trinajstić information content (AvgIpc) is 2.12. The minimum atomic E-state index is -0.939. The van der Waals surface area contributed by atoms with Crippen molar-refractivity contribution >= 4 is 0 Å². The molecule has 78 valence electrons. The summed E-state index contributed by atoms with van der Waals surface area (Å²) >= 11 is 0. The van der Waals surface area contributed by atoms with Crippen LogP contribution >= 0.6 is 0 Å². The van der Waals surface area contributed by atoms with Gasteiger partial charge in [-0.1, -0.05) is 6.92 Å². The maximum absolute atomic E-state index is 9.70. The normalized spacial score (nSPS) is 46.4. The summed E-state index contributed by atoms with van der Waals surface area (Å²) in [5, 5.41) is 19.3. The van der Waals surface area contributed by atoms with Crippen molar-refractivity contribution in [1.82, 2.24) is 0 Å². The zero-order chi connectivity index (χ0) is 10.0. The molecule has 0 aromatic heterocycles. The Morgan fingerprint density at radius 1 is 1.31 bits per heavy atom. The van der Waals surface area contributed by atoms with Crippen LogP contribution in [0.1, 0.15) is 20.3 Å². The molecule has 4 heteroatoms. The molecule has 1 aliphatic rings. The molecule has 0 radical (unpaired) electrons. The van der Waals surface area contributed by atoms with Gasteiger partial charge in [-0.3, -0.25) is 0 Å². The van der Waals surface area contributed by atoms with Crippen LogP contribution in [0.4, 0.5) is 0 Å². The van der Waals surface area contributed by atoms with Crippen molar-refractivity contribution in [1.29, 1.82) is 0 Å². The SMILES string of the molecule is CCC1C(C)O[C@@H](OC)C(O)C1O. The molecular weight excluding hydrogens is 172 g/mol. The second kappa shape index (κ2) is 4.37. The fraction of sp³-hybridized carbons (Fsp3) is 1.00. The summed E-state index contributed by atoms with van der Waals surface area (Å²) in [6.45, 7) is 3.85. The highest BCUT2D eigenvalue weighted by Gasteiger charge is 2.41. The zero-order valence-electron chi connectivity index (χ0n) is 8.30. The molecule has 5 atom stereocenters. The van der Waals surface area contributed by atoms with Gasteiger partial charge in [-0.05, 0) is 13.3 Å². The van der Waals surface area contributed by atoms with Gasteiger partial charge in [0.25, 0.3) is 0 Å². The average molecular weight is 190 g/mol. The Morgan fingerprint density at radius 2 is 1.92 bits per heavy atom. The van der Waals surface area contributed by atoms with Crippen LogP contribution in [0.25, 0.3) is 0 Å². The molecule has 0 bridgehead atoms. The van der Waals surface area contributed by atoms with Gasteiger partial charge in [-0.25, -0.2) is 0 Å². The molecule has 0 saturated carbocycles. The molecule has 0 spiro atoms. The lowest BCUT2D eigenvalue weighted by Gasteiger charge is -2.40. The fourth-order valence-corrected chi connectivity index (χ4v) is 1.85. The van der Waals surface area contributed by atoms with Gasteiger partial charge >= 0.3 is 0 Å². The van der Waals surface area contributed by atoms with Crippen LogP contribution in [-0.2, 0) is 9.47 Å². The van der Waals surface area contributed by atoms with Crippen molar-refractivity contribution in [3.63, 3.8) is 0 Å². The Hall–Kier alpha value is -0.160. The third-order valence-electron chi connectivity index (χ3n) is 2.72. The molecule has 1 heterocycles. The number of hydrogen-bond donors (Lipinski definition) is 2. The molecule has 1 rings (SSSR count). The summed E-state index contributed by atoms with van der Waals surface area (Å²) in [5.74, 6) is -0.0126. The number of methoxy groups -OCH3 is 1. The van der Waals surface area contributed by atoms with E-state index in [4.69, 9.17) is 9.47 Å². The van der Waals surface area contributed by atoms with Gasteiger partial charge in [0, 0.05) is 13.0 Å². The number of ether oxygens (including phenoxy) is 2. The Morgan fingerprint density at radius 3 is 2.38 bits per heavy atom. The van der Waals surface area contributed by atoms with E-state index in [1.165, 1.54) is 7.11 Å². The molecule has 4 unspecified atom stereocenters. The van der Waals surface area contributed by atoms with Crippen LogP contribution < -0.4 is 0 Å². The minimum absolute atomic E-state index is 0.0126. The summed E-state index contributed by atoms with van der Waals surface area (Å²) < 4.78 is 10.3. The number of aliphatic hydroxyl groups excluding tert-OH is 2. The summed E-state index contributed by atoms with van der Waals surface area (Å²) in [7, 11) is 1.46. The fourth-order valence-electron chi connectivity index (χ4n) is 1.85. The van der Waals surface area contributed by atoms with Crippen LogP contribution in [0.5, 0.6) is 0 Å². The van der Waals surface area contributed by atoms with E-state index in [1.54, 1.807) is 0 Å². The van der Waals surface area contributed by atoms with Gasteiger partial charge < -0.3 is 19.7 Å². The van der Waals surface area contributed by atoms with Gasteiger partial charge in [0.1, 0.15) is 6.10 Å². The van der Waals surface area contributed by atoms with E-state index < -0.39 is 18.5 Å². The van der Waals surface area contributed by atoms with Gasteiger partial charge in [0.15, 0.2) is 6.29 Å². The van der Waals surface area contributed by atoms with Crippen molar-refractivity contribution < 1.29 is 19.7 Å². The van der Waals surface area contributed by atoms with Crippen molar-refractivity contribution in [2.75, 3.05) is 7.11 Å². The number of aliphatic hydroxyl groups is 2. The van der Waals surface area contributed by atoms with Crippen molar-refractivity contribution in [2.24, 2.45) is 5.92 Å². The predicted molar refractivity (Wildman–Crippen MR) is 47.1 cm³/mol. The third kappa shape index (κ3) is 2.02. The molecule has 4 nitrogen and oxygen atoms in total. The Bertz CT molecular complexity index is 162. The number of hydrogen-bond acceptors (Lipinski definition) is 4. The lowest BCUT2D eigenvalue weighted by molar-refractivity contribution is -0.274. The van der Waals surface area contributed by atoms with Crippen molar-refractivity contribution in [3.05, 3.63) is 0 Å². The molecule has 0 aromatic rings. The van der Waals surface area contributed by atoms with Gasteiger partial charge in [0.2, 0.25) is 0 Å². The first-order chi connectivity index (χ1) is 6.11. The Kier molecular flexibility index (Phi) is 3.67. The molecule has 1 fully saturated rings. The summed E-state index contributed by atoms with van der Waals surface area (Å²) in [5.41, 5.74) is 0. The molecule has 1 saturated heterocycles. The topological polar surface area (TPSA) is 58.9 Å². The molecule has 13 heavy (non-hydrogen) atoms. The molecule has 0 aromatic carbocycles. The highest BCUT2D eigenvalue weighted by Crippen LogP contribution is 2.28. The van der Waals surface area contributed by atoms with Gasteiger partial charge in [-0.2, -0.15) is 0 Å². The number of rotatable bonds is 2. The molecular formula is C9H18O4. The van der Waals surface area contributed by atoms with E-state index in [2.05, 4.69) is 0 Å². The molecule has 1 aliphatic heterocycles. The first-order valence-electron chi connectivity index (χ1n) is 4.66. The molecule has 0 aliphatic carbocycles. The molecule has 2 N–H and O–H groups in total. The monoisotopic (exact) mass is 190 g/mol.